The van der Waals surface area contributed by atoms with E-state index in [1.165, 1.54) is 11.3 Å². The van der Waals surface area contributed by atoms with Crippen molar-refractivity contribution in [1.82, 2.24) is 19.9 Å². The van der Waals surface area contributed by atoms with E-state index in [-0.39, 0.29) is 11.9 Å². The molecule has 1 unspecified atom stereocenters. The van der Waals surface area contributed by atoms with Crippen LogP contribution in [0.2, 0.25) is 0 Å². The van der Waals surface area contributed by atoms with Gasteiger partial charge >= 0.3 is 0 Å². The second-order valence-corrected chi connectivity index (χ2v) is 9.16. The lowest BCUT2D eigenvalue weighted by molar-refractivity contribution is 0.0739. The number of hydrogen-bond acceptors (Lipinski definition) is 7. The lowest BCUT2D eigenvalue weighted by Gasteiger charge is -2.24. The van der Waals surface area contributed by atoms with Gasteiger partial charge < -0.3 is 15.0 Å². The molecule has 1 aliphatic rings. The summed E-state index contributed by atoms with van der Waals surface area (Å²) in [5.74, 6) is 1.28. The summed E-state index contributed by atoms with van der Waals surface area (Å²) < 4.78 is 6.18. The lowest BCUT2D eigenvalue weighted by atomic mass is 10.1. The molecule has 30 heavy (non-hydrogen) atoms. The van der Waals surface area contributed by atoms with E-state index in [9.17, 15) is 4.79 Å². The SMILES string of the molecule is COc1cccc(-c2sc(C)nc2C(=O)N2CCCC2CNc2ncc(Br)cn2)c1. The van der Waals surface area contributed by atoms with Crippen molar-refractivity contribution in [2.24, 2.45) is 0 Å². The van der Waals surface area contributed by atoms with Crippen molar-refractivity contribution in [3.05, 3.63) is 51.8 Å². The number of nitrogens with zero attached hydrogens (tertiary/aromatic N) is 4. The maximum atomic E-state index is 13.4. The Balaban J connectivity index is 1.54. The summed E-state index contributed by atoms with van der Waals surface area (Å²) in [5, 5.41) is 4.11. The van der Waals surface area contributed by atoms with Gasteiger partial charge in [0.05, 0.1) is 21.5 Å². The number of ether oxygens (including phenoxy) is 1. The Morgan fingerprint density at radius 2 is 2.17 bits per heavy atom. The number of benzene rings is 1. The van der Waals surface area contributed by atoms with Crippen LogP contribution >= 0.6 is 27.3 Å². The van der Waals surface area contributed by atoms with E-state index in [1.807, 2.05) is 36.1 Å². The third-order valence-corrected chi connectivity index (χ3v) is 6.45. The summed E-state index contributed by atoms with van der Waals surface area (Å²) in [6.07, 6.45) is 5.31. The monoisotopic (exact) mass is 487 g/mol. The molecule has 1 aliphatic heterocycles. The number of rotatable bonds is 6. The average Bonchev–Trinajstić information content (AvgIpc) is 3.39. The maximum Gasteiger partial charge on any atom is 0.274 e. The molecule has 3 heterocycles. The van der Waals surface area contributed by atoms with Crippen LogP contribution in [0.3, 0.4) is 0 Å². The van der Waals surface area contributed by atoms with Gasteiger partial charge in [0, 0.05) is 31.5 Å². The highest BCUT2D eigenvalue weighted by molar-refractivity contribution is 9.10. The van der Waals surface area contributed by atoms with E-state index in [0.29, 0.717) is 18.2 Å². The first-order chi connectivity index (χ1) is 14.5. The number of amides is 1. The normalized spacial score (nSPS) is 16.0. The van der Waals surface area contributed by atoms with Gasteiger partial charge in [-0.05, 0) is 53.4 Å². The molecule has 156 valence electrons. The number of anilines is 1. The van der Waals surface area contributed by atoms with E-state index < -0.39 is 0 Å². The highest BCUT2D eigenvalue weighted by Crippen LogP contribution is 2.34. The highest BCUT2D eigenvalue weighted by atomic mass is 79.9. The topological polar surface area (TPSA) is 80.2 Å². The Bertz CT molecular complexity index is 1040. The minimum absolute atomic E-state index is 0.0294. The van der Waals surface area contributed by atoms with Crippen molar-refractivity contribution < 1.29 is 9.53 Å². The van der Waals surface area contributed by atoms with Crippen LogP contribution in [-0.2, 0) is 0 Å². The summed E-state index contributed by atoms with van der Waals surface area (Å²) in [6, 6.07) is 7.83. The molecule has 1 fully saturated rings. The smallest absolute Gasteiger partial charge is 0.274 e. The first-order valence-corrected chi connectivity index (χ1v) is 11.3. The zero-order valence-electron chi connectivity index (χ0n) is 16.8. The number of carbonyl (C=O) groups is 1. The molecule has 1 aromatic carbocycles. The number of halogens is 1. The van der Waals surface area contributed by atoms with Crippen molar-refractivity contribution in [3.63, 3.8) is 0 Å². The molecule has 3 aromatic rings. The van der Waals surface area contributed by atoms with Crippen LogP contribution in [0.1, 0.15) is 28.3 Å². The summed E-state index contributed by atoms with van der Waals surface area (Å²) in [4.78, 5) is 29.3. The largest absolute Gasteiger partial charge is 0.497 e. The fourth-order valence-corrected chi connectivity index (χ4v) is 4.71. The van der Waals surface area contributed by atoms with Crippen molar-refractivity contribution >= 4 is 39.1 Å². The van der Waals surface area contributed by atoms with E-state index in [4.69, 9.17) is 4.74 Å². The Morgan fingerprint density at radius 3 is 2.93 bits per heavy atom. The van der Waals surface area contributed by atoms with Crippen LogP contribution < -0.4 is 10.1 Å². The minimum atomic E-state index is -0.0294. The van der Waals surface area contributed by atoms with E-state index >= 15 is 0 Å². The fraction of sp³-hybridized carbons (Fsp3) is 0.333. The zero-order valence-corrected chi connectivity index (χ0v) is 19.2. The molecule has 7 nitrogen and oxygen atoms in total. The van der Waals surface area contributed by atoms with Crippen molar-refractivity contribution in [2.75, 3.05) is 25.5 Å². The minimum Gasteiger partial charge on any atom is -0.497 e. The zero-order chi connectivity index (χ0) is 21.1. The van der Waals surface area contributed by atoms with Crippen LogP contribution in [0.4, 0.5) is 5.95 Å². The number of aryl methyl sites for hydroxylation is 1. The molecule has 1 atom stereocenters. The summed E-state index contributed by atoms with van der Waals surface area (Å²) >= 11 is 4.87. The van der Waals surface area contributed by atoms with Crippen LogP contribution in [0.15, 0.2) is 41.1 Å². The van der Waals surface area contributed by atoms with Gasteiger partial charge in [0.25, 0.3) is 5.91 Å². The van der Waals surface area contributed by atoms with Crippen LogP contribution in [0, 0.1) is 6.92 Å². The van der Waals surface area contributed by atoms with E-state index in [2.05, 4.69) is 36.2 Å². The second kappa shape index (κ2) is 9.09. The number of carbonyl (C=O) groups excluding carboxylic acids is 1. The van der Waals surface area contributed by atoms with Gasteiger partial charge in [-0.3, -0.25) is 4.79 Å². The number of nitrogens with one attached hydrogen (secondary N) is 1. The highest BCUT2D eigenvalue weighted by Gasteiger charge is 2.32. The molecule has 0 aliphatic carbocycles. The molecule has 2 aromatic heterocycles. The standard InChI is InChI=1S/C21H22BrN5O2S/c1-13-26-18(19(30-13)14-5-3-7-17(9-14)29-2)20(28)27-8-4-6-16(27)12-25-21-23-10-15(22)11-24-21/h3,5,7,9-11,16H,4,6,8,12H2,1-2H3,(H,23,24,25). The number of likely N-dealkylation sites (tertiary alicyclic amines) is 1. The number of aromatic nitrogens is 3. The quantitative estimate of drug-likeness (QED) is 0.554. The summed E-state index contributed by atoms with van der Waals surface area (Å²) in [7, 11) is 1.64. The summed E-state index contributed by atoms with van der Waals surface area (Å²) in [5.41, 5.74) is 1.46. The maximum absolute atomic E-state index is 13.4. The van der Waals surface area contributed by atoms with Crippen molar-refractivity contribution in [2.45, 2.75) is 25.8 Å². The molecule has 9 heteroatoms. The molecular weight excluding hydrogens is 466 g/mol. The Labute approximate surface area is 187 Å². The van der Waals surface area contributed by atoms with E-state index in [0.717, 1.165) is 45.1 Å². The Hall–Kier alpha value is -2.52. The van der Waals surface area contributed by atoms with Gasteiger partial charge in [0.1, 0.15) is 11.4 Å². The molecule has 0 saturated carbocycles. The predicted octanol–water partition coefficient (Wildman–Crippen LogP) is 4.40. The Morgan fingerprint density at radius 1 is 1.37 bits per heavy atom. The van der Waals surface area contributed by atoms with Crippen molar-refractivity contribution in [3.8, 4) is 16.2 Å². The molecular formula is C21H22BrN5O2S. The molecule has 4 rings (SSSR count). The van der Waals surface area contributed by atoms with Gasteiger partial charge in [-0.25, -0.2) is 15.0 Å². The van der Waals surface area contributed by atoms with Crippen LogP contribution in [0.25, 0.3) is 10.4 Å². The predicted molar refractivity (Wildman–Crippen MR) is 121 cm³/mol. The molecule has 0 bridgehead atoms. The summed E-state index contributed by atoms with van der Waals surface area (Å²) in [6.45, 7) is 3.25. The average molecular weight is 488 g/mol. The fourth-order valence-electron chi connectivity index (χ4n) is 3.60. The third-order valence-electron chi connectivity index (χ3n) is 5.02. The molecule has 0 spiro atoms. The first-order valence-electron chi connectivity index (χ1n) is 9.69. The first kappa shape index (κ1) is 20.7. The lowest BCUT2D eigenvalue weighted by Crippen LogP contribution is -2.40. The van der Waals surface area contributed by atoms with Gasteiger partial charge in [-0.2, -0.15) is 0 Å². The second-order valence-electron chi connectivity index (χ2n) is 7.04. The number of hydrogen-bond donors (Lipinski definition) is 1. The number of methoxy groups -OCH3 is 1. The van der Waals surface area contributed by atoms with Gasteiger partial charge in [0.15, 0.2) is 0 Å². The molecule has 1 amide bonds. The third kappa shape index (κ3) is 4.46. The Kier molecular flexibility index (Phi) is 6.29. The van der Waals surface area contributed by atoms with Crippen LogP contribution in [0.5, 0.6) is 5.75 Å². The number of thiazole rings is 1. The van der Waals surface area contributed by atoms with Gasteiger partial charge in [-0.1, -0.05) is 12.1 Å². The van der Waals surface area contributed by atoms with Crippen LogP contribution in [-0.4, -0.2) is 52.0 Å². The van der Waals surface area contributed by atoms with E-state index in [1.54, 1.807) is 19.5 Å². The van der Waals surface area contributed by atoms with Crippen molar-refractivity contribution in [1.29, 1.82) is 0 Å². The molecule has 1 saturated heterocycles. The van der Waals surface area contributed by atoms with Gasteiger partial charge in [0.2, 0.25) is 5.95 Å². The van der Waals surface area contributed by atoms with Gasteiger partial charge in [-0.15, -0.1) is 11.3 Å². The molecule has 0 radical (unpaired) electrons. The molecule has 1 N–H and O–H groups in total.